The summed E-state index contributed by atoms with van der Waals surface area (Å²) in [5, 5.41) is 3.93. The maximum Gasteiger partial charge on any atom is 0.265 e. The summed E-state index contributed by atoms with van der Waals surface area (Å²) in [6.07, 6.45) is 1.83. The van der Waals surface area contributed by atoms with Gasteiger partial charge in [0.1, 0.15) is 5.75 Å². The first-order chi connectivity index (χ1) is 10.8. The molecule has 0 bridgehead atoms. The van der Waals surface area contributed by atoms with Crippen LogP contribution in [0.5, 0.6) is 5.75 Å². The van der Waals surface area contributed by atoms with Gasteiger partial charge in [-0.1, -0.05) is 36.4 Å². The number of fused-ring (bicyclic) bond motifs is 2. The van der Waals surface area contributed by atoms with Crippen molar-refractivity contribution in [1.82, 2.24) is 4.98 Å². The number of rotatable bonds is 2. The number of para-hydroxylation sites is 2. The Morgan fingerprint density at radius 3 is 2.86 bits per heavy atom. The maximum atomic E-state index is 12.5. The number of hydrogen-bond donors (Lipinski definition) is 1. The molecule has 0 fully saturated rings. The standard InChI is InChI=1S/C18H14N2O2/c21-18(16-11-13-5-1-2-9-15(13)22-16)20-14-8-3-6-12-7-4-10-19-17(12)14/h1-10,16H,11H2,(H,20,21)/t16-/m0/s1. The normalized spacial score (nSPS) is 16.1. The number of benzene rings is 2. The van der Waals surface area contributed by atoms with Crippen LogP contribution in [0.4, 0.5) is 5.69 Å². The summed E-state index contributed by atoms with van der Waals surface area (Å²) >= 11 is 0. The van der Waals surface area contributed by atoms with Crippen molar-refractivity contribution >= 4 is 22.5 Å². The van der Waals surface area contributed by atoms with E-state index in [1.165, 1.54) is 0 Å². The number of amides is 1. The van der Waals surface area contributed by atoms with Crippen molar-refractivity contribution in [2.45, 2.75) is 12.5 Å². The summed E-state index contributed by atoms with van der Waals surface area (Å²) in [5.41, 5.74) is 2.57. The van der Waals surface area contributed by atoms with Crippen LogP contribution in [0.3, 0.4) is 0 Å². The molecular weight excluding hydrogens is 276 g/mol. The zero-order valence-corrected chi connectivity index (χ0v) is 11.8. The molecule has 0 unspecified atom stereocenters. The van der Waals surface area contributed by atoms with Crippen LogP contribution in [0, 0.1) is 0 Å². The van der Waals surface area contributed by atoms with E-state index >= 15 is 0 Å². The second kappa shape index (κ2) is 5.15. The van der Waals surface area contributed by atoms with Crippen molar-refractivity contribution in [3.8, 4) is 5.75 Å². The van der Waals surface area contributed by atoms with Crippen molar-refractivity contribution in [2.75, 3.05) is 5.32 Å². The highest BCUT2D eigenvalue weighted by Gasteiger charge is 2.29. The molecule has 1 atom stereocenters. The summed E-state index contributed by atoms with van der Waals surface area (Å²) < 4.78 is 5.72. The molecule has 1 aromatic heterocycles. The first kappa shape index (κ1) is 12.8. The summed E-state index contributed by atoms with van der Waals surface area (Å²) in [5.74, 6) is 0.646. The molecule has 1 aliphatic rings. The van der Waals surface area contributed by atoms with Crippen molar-refractivity contribution < 1.29 is 9.53 Å². The number of nitrogens with zero attached hydrogens (tertiary/aromatic N) is 1. The number of hydrogen-bond acceptors (Lipinski definition) is 3. The van der Waals surface area contributed by atoms with Gasteiger partial charge in [0.05, 0.1) is 11.2 Å². The highest BCUT2D eigenvalue weighted by molar-refractivity contribution is 6.02. The molecule has 1 amide bonds. The van der Waals surface area contributed by atoms with Gasteiger partial charge in [-0.05, 0) is 23.8 Å². The molecular formula is C18H14N2O2. The number of ether oxygens (including phenoxy) is 1. The molecule has 1 N–H and O–H groups in total. The van der Waals surface area contributed by atoms with Gasteiger partial charge in [0.15, 0.2) is 6.10 Å². The van der Waals surface area contributed by atoms with E-state index in [0.29, 0.717) is 12.1 Å². The van der Waals surface area contributed by atoms with Crippen molar-refractivity contribution in [2.24, 2.45) is 0 Å². The Balaban J connectivity index is 1.58. The third-order valence-electron chi connectivity index (χ3n) is 3.83. The molecule has 0 saturated carbocycles. The third-order valence-corrected chi connectivity index (χ3v) is 3.83. The van der Waals surface area contributed by atoms with Gasteiger partial charge in [0, 0.05) is 18.0 Å². The largest absolute Gasteiger partial charge is 0.480 e. The smallest absolute Gasteiger partial charge is 0.265 e. The van der Waals surface area contributed by atoms with E-state index in [-0.39, 0.29) is 5.91 Å². The first-order valence-electron chi connectivity index (χ1n) is 7.20. The lowest BCUT2D eigenvalue weighted by molar-refractivity contribution is -0.122. The second-order valence-electron chi connectivity index (χ2n) is 5.29. The van der Waals surface area contributed by atoms with Crippen LogP contribution in [0.15, 0.2) is 60.8 Å². The van der Waals surface area contributed by atoms with E-state index in [0.717, 1.165) is 22.2 Å². The number of anilines is 1. The average Bonchev–Trinajstić information content (AvgIpc) is 2.99. The molecule has 22 heavy (non-hydrogen) atoms. The lowest BCUT2D eigenvalue weighted by atomic mass is 10.1. The van der Waals surface area contributed by atoms with Gasteiger partial charge in [-0.3, -0.25) is 9.78 Å². The van der Waals surface area contributed by atoms with E-state index < -0.39 is 6.10 Å². The van der Waals surface area contributed by atoms with Gasteiger partial charge < -0.3 is 10.1 Å². The first-order valence-corrected chi connectivity index (χ1v) is 7.20. The van der Waals surface area contributed by atoms with Crippen LogP contribution in [-0.2, 0) is 11.2 Å². The van der Waals surface area contributed by atoms with E-state index in [4.69, 9.17) is 4.74 Å². The Labute approximate surface area is 127 Å². The number of nitrogens with one attached hydrogen (secondary N) is 1. The van der Waals surface area contributed by atoms with E-state index in [1.807, 2.05) is 54.6 Å². The van der Waals surface area contributed by atoms with Crippen LogP contribution in [0.1, 0.15) is 5.56 Å². The molecule has 4 rings (SSSR count). The Hall–Kier alpha value is -2.88. The monoisotopic (exact) mass is 290 g/mol. The molecule has 3 aromatic rings. The van der Waals surface area contributed by atoms with Crippen molar-refractivity contribution in [1.29, 1.82) is 0 Å². The van der Waals surface area contributed by atoms with E-state index in [2.05, 4.69) is 10.3 Å². The molecule has 0 saturated heterocycles. The lowest BCUT2D eigenvalue weighted by Crippen LogP contribution is -2.31. The molecule has 2 heterocycles. The fourth-order valence-electron chi connectivity index (χ4n) is 2.75. The summed E-state index contributed by atoms with van der Waals surface area (Å²) in [6, 6.07) is 17.3. The second-order valence-corrected chi connectivity index (χ2v) is 5.29. The minimum absolute atomic E-state index is 0.144. The fourth-order valence-corrected chi connectivity index (χ4v) is 2.75. The van der Waals surface area contributed by atoms with Crippen LogP contribution in [0.25, 0.3) is 10.9 Å². The third kappa shape index (κ3) is 2.19. The Morgan fingerprint density at radius 1 is 1.09 bits per heavy atom. The molecule has 0 radical (unpaired) electrons. The number of carbonyl (C=O) groups is 1. The van der Waals surface area contributed by atoms with E-state index in [1.54, 1.807) is 6.20 Å². The highest BCUT2D eigenvalue weighted by Crippen LogP contribution is 2.29. The Kier molecular flexibility index (Phi) is 3.00. The van der Waals surface area contributed by atoms with Gasteiger partial charge in [0.25, 0.3) is 5.91 Å². The lowest BCUT2D eigenvalue weighted by Gasteiger charge is -2.12. The van der Waals surface area contributed by atoms with Crippen LogP contribution < -0.4 is 10.1 Å². The molecule has 4 heteroatoms. The molecule has 2 aromatic carbocycles. The molecule has 4 nitrogen and oxygen atoms in total. The quantitative estimate of drug-likeness (QED) is 0.788. The van der Waals surface area contributed by atoms with Crippen molar-refractivity contribution in [3.63, 3.8) is 0 Å². The molecule has 1 aliphatic heterocycles. The maximum absolute atomic E-state index is 12.5. The van der Waals surface area contributed by atoms with Gasteiger partial charge in [-0.2, -0.15) is 0 Å². The predicted molar refractivity (Wildman–Crippen MR) is 84.9 cm³/mol. The van der Waals surface area contributed by atoms with Crippen LogP contribution in [0.2, 0.25) is 0 Å². The number of carbonyl (C=O) groups excluding carboxylic acids is 1. The number of aromatic nitrogens is 1. The topological polar surface area (TPSA) is 51.2 Å². The van der Waals surface area contributed by atoms with Gasteiger partial charge in [-0.25, -0.2) is 0 Å². The SMILES string of the molecule is O=C(Nc1cccc2cccnc12)[C@@H]1Cc2ccccc2O1. The number of pyridine rings is 1. The summed E-state index contributed by atoms with van der Waals surface area (Å²) in [4.78, 5) is 16.8. The zero-order valence-electron chi connectivity index (χ0n) is 11.8. The van der Waals surface area contributed by atoms with E-state index in [9.17, 15) is 4.79 Å². The highest BCUT2D eigenvalue weighted by atomic mass is 16.5. The molecule has 108 valence electrons. The molecule has 0 aliphatic carbocycles. The minimum Gasteiger partial charge on any atom is -0.480 e. The van der Waals surface area contributed by atoms with Crippen LogP contribution >= 0.6 is 0 Å². The molecule has 0 spiro atoms. The summed E-state index contributed by atoms with van der Waals surface area (Å²) in [6.45, 7) is 0. The zero-order chi connectivity index (χ0) is 14.9. The predicted octanol–water partition coefficient (Wildman–Crippen LogP) is 3.18. The fraction of sp³-hybridized carbons (Fsp3) is 0.111. The van der Waals surface area contributed by atoms with Gasteiger partial charge in [0.2, 0.25) is 0 Å². The minimum atomic E-state index is -0.489. The summed E-state index contributed by atoms with van der Waals surface area (Å²) in [7, 11) is 0. The van der Waals surface area contributed by atoms with Crippen LogP contribution in [-0.4, -0.2) is 17.0 Å². The Morgan fingerprint density at radius 2 is 1.95 bits per heavy atom. The van der Waals surface area contributed by atoms with Gasteiger partial charge >= 0.3 is 0 Å². The average molecular weight is 290 g/mol. The van der Waals surface area contributed by atoms with Crippen molar-refractivity contribution in [3.05, 3.63) is 66.4 Å². The van der Waals surface area contributed by atoms with Gasteiger partial charge in [-0.15, -0.1) is 0 Å². The Bertz CT molecular complexity index is 830.